The van der Waals surface area contributed by atoms with Crippen LogP contribution in [0.25, 0.3) is 0 Å². The number of carboxylic acid groups (broad SMARTS) is 1. The summed E-state index contributed by atoms with van der Waals surface area (Å²) in [7, 11) is 0. The molecular formula is C19H19BrClNO2. The van der Waals surface area contributed by atoms with Gasteiger partial charge in [-0.05, 0) is 48.7 Å². The van der Waals surface area contributed by atoms with Crippen LogP contribution in [-0.4, -0.2) is 29.1 Å². The molecule has 0 spiro atoms. The average Bonchev–Trinajstić information content (AvgIpc) is 2.57. The lowest BCUT2D eigenvalue weighted by atomic mass is 9.91. The predicted molar refractivity (Wildman–Crippen MR) is 99.4 cm³/mol. The van der Waals surface area contributed by atoms with Crippen molar-refractivity contribution in [1.29, 1.82) is 0 Å². The molecule has 5 heteroatoms. The molecule has 0 radical (unpaired) electrons. The summed E-state index contributed by atoms with van der Waals surface area (Å²) in [5.74, 6) is -1.03. The molecule has 1 aliphatic heterocycles. The number of hydrogen-bond acceptors (Lipinski definition) is 2. The lowest BCUT2D eigenvalue weighted by Gasteiger charge is -2.38. The van der Waals surface area contributed by atoms with Gasteiger partial charge in [-0.1, -0.05) is 57.9 Å². The first kappa shape index (κ1) is 17.5. The molecule has 2 aromatic carbocycles. The largest absolute Gasteiger partial charge is 0.481 e. The highest BCUT2D eigenvalue weighted by Gasteiger charge is 2.32. The van der Waals surface area contributed by atoms with E-state index >= 15 is 0 Å². The van der Waals surface area contributed by atoms with Crippen LogP contribution >= 0.6 is 27.5 Å². The molecule has 3 nitrogen and oxygen atoms in total. The second kappa shape index (κ2) is 7.68. The Morgan fingerprint density at radius 2 is 2.04 bits per heavy atom. The molecule has 1 saturated heterocycles. The molecule has 2 atom stereocenters. The monoisotopic (exact) mass is 407 g/mol. The van der Waals surface area contributed by atoms with Crippen molar-refractivity contribution >= 4 is 33.5 Å². The second-order valence-corrected chi connectivity index (χ2v) is 7.44. The Morgan fingerprint density at radius 3 is 2.75 bits per heavy atom. The Hall–Kier alpha value is -1.36. The third-order valence-electron chi connectivity index (χ3n) is 4.53. The van der Waals surface area contributed by atoms with E-state index in [0.717, 1.165) is 35.0 Å². The summed E-state index contributed by atoms with van der Waals surface area (Å²) in [6, 6.07) is 15.9. The highest BCUT2D eigenvalue weighted by molar-refractivity contribution is 9.10. The van der Waals surface area contributed by atoms with Crippen molar-refractivity contribution in [3.05, 3.63) is 69.2 Å². The molecule has 1 heterocycles. The first-order valence-electron chi connectivity index (χ1n) is 8.03. The van der Waals surface area contributed by atoms with Crippen LogP contribution < -0.4 is 0 Å². The minimum Gasteiger partial charge on any atom is -0.481 e. The number of piperidine rings is 1. The van der Waals surface area contributed by atoms with Crippen LogP contribution in [0.2, 0.25) is 5.02 Å². The molecule has 1 aliphatic rings. The summed E-state index contributed by atoms with van der Waals surface area (Å²) in [4.78, 5) is 13.7. The number of likely N-dealkylation sites (tertiary alicyclic amines) is 1. The van der Waals surface area contributed by atoms with Gasteiger partial charge in [0.15, 0.2) is 0 Å². The van der Waals surface area contributed by atoms with Crippen molar-refractivity contribution in [3.8, 4) is 0 Å². The smallest absolute Gasteiger partial charge is 0.307 e. The fraction of sp³-hybridized carbons (Fsp3) is 0.316. The van der Waals surface area contributed by atoms with Crippen molar-refractivity contribution in [2.24, 2.45) is 5.92 Å². The van der Waals surface area contributed by atoms with Crippen molar-refractivity contribution in [2.75, 3.05) is 13.1 Å². The molecule has 1 fully saturated rings. The number of nitrogens with zero attached hydrogens (tertiary/aromatic N) is 1. The van der Waals surface area contributed by atoms with Crippen molar-refractivity contribution < 1.29 is 9.90 Å². The Morgan fingerprint density at radius 1 is 1.25 bits per heavy atom. The number of carbonyl (C=O) groups is 1. The molecule has 0 bridgehead atoms. The highest BCUT2D eigenvalue weighted by Crippen LogP contribution is 2.36. The number of hydrogen-bond donors (Lipinski definition) is 1. The van der Waals surface area contributed by atoms with E-state index in [1.165, 1.54) is 0 Å². The van der Waals surface area contributed by atoms with E-state index in [-0.39, 0.29) is 12.0 Å². The molecule has 1 N–H and O–H groups in total. The minimum atomic E-state index is -0.711. The summed E-state index contributed by atoms with van der Waals surface area (Å²) in [6.07, 6.45) is 1.63. The van der Waals surface area contributed by atoms with Crippen LogP contribution in [0.4, 0.5) is 0 Å². The van der Waals surface area contributed by atoms with E-state index in [2.05, 4.69) is 33.0 Å². The molecule has 126 valence electrons. The third kappa shape index (κ3) is 3.82. The Bertz CT molecular complexity index is 737. The van der Waals surface area contributed by atoms with E-state index in [4.69, 9.17) is 11.6 Å². The molecule has 0 aliphatic carbocycles. The van der Waals surface area contributed by atoms with Crippen LogP contribution in [-0.2, 0) is 4.79 Å². The quantitative estimate of drug-likeness (QED) is 0.775. The number of halogens is 2. The third-order valence-corrected chi connectivity index (χ3v) is 5.49. The van der Waals surface area contributed by atoms with Crippen LogP contribution in [0.1, 0.15) is 30.0 Å². The summed E-state index contributed by atoms with van der Waals surface area (Å²) in [6.45, 7) is 1.43. The van der Waals surface area contributed by atoms with Crippen LogP contribution in [0.5, 0.6) is 0 Å². The first-order valence-corrected chi connectivity index (χ1v) is 9.20. The minimum absolute atomic E-state index is 0.0126. The topological polar surface area (TPSA) is 40.5 Å². The normalized spacial score (nSPS) is 19.8. The molecular weight excluding hydrogens is 390 g/mol. The van der Waals surface area contributed by atoms with E-state index in [1.807, 2.05) is 36.4 Å². The van der Waals surface area contributed by atoms with E-state index in [9.17, 15) is 9.90 Å². The summed E-state index contributed by atoms with van der Waals surface area (Å²) >= 11 is 9.86. The fourth-order valence-electron chi connectivity index (χ4n) is 3.40. The van der Waals surface area contributed by atoms with Gasteiger partial charge < -0.3 is 5.11 Å². The van der Waals surface area contributed by atoms with E-state index in [0.29, 0.717) is 11.6 Å². The van der Waals surface area contributed by atoms with Gasteiger partial charge in [-0.2, -0.15) is 0 Å². The van der Waals surface area contributed by atoms with Gasteiger partial charge in [0, 0.05) is 16.0 Å². The van der Waals surface area contributed by atoms with E-state index < -0.39 is 5.97 Å². The second-order valence-electron chi connectivity index (χ2n) is 6.15. The van der Waals surface area contributed by atoms with Gasteiger partial charge in [0.2, 0.25) is 0 Å². The van der Waals surface area contributed by atoms with Gasteiger partial charge in [-0.3, -0.25) is 9.69 Å². The fourth-order valence-corrected chi connectivity index (χ4v) is 4.10. The molecule has 2 aromatic rings. The predicted octanol–water partition coefficient (Wildman–Crippen LogP) is 4.99. The van der Waals surface area contributed by atoms with Crippen molar-refractivity contribution in [3.63, 3.8) is 0 Å². The maximum atomic E-state index is 11.5. The summed E-state index contributed by atoms with van der Waals surface area (Å²) in [5.41, 5.74) is 2.21. The molecule has 0 amide bonds. The Kier molecular flexibility index (Phi) is 5.59. The van der Waals surface area contributed by atoms with E-state index in [1.54, 1.807) is 0 Å². The maximum absolute atomic E-state index is 11.5. The zero-order chi connectivity index (χ0) is 17.1. The van der Waals surface area contributed by atoms with Gasteiger partial charge in [0.25, 0.3) is 0 Å². The standard InChI is InChI=1S/C19H19BrClNO2/c20-17-9-2-1-8-16(17)18(13-5-3-7-15(21)11-13)22-10-4-6-14(12-22)19(23)24/h1-3,5,7-9,11,14,18H,4,6,10,12H2,(H,23,24). The number of rotatable bonds is 4. The molecule has 0 aromatic heterocycles. The van der Waals surface area contributed by atoms with Crippen molar-refractivity contribution in [1.82, 2.24) is 4.90 Å². The molecule has 2 unspecified atom stereocenters. The van der Waals surface area contributed by atoms with Crippen molar-refractivity contribution in [2.45, 2.75) is 18.9 Å². The maximum Gasteiger partial charge on any atom is 0.307 e. The Labute approximate surface area is 155 Å². The summed E-state index contributed by atoms with van der Waals surface area (Å²) < 4.78 is 1.02. The lowest BCUT2D eigenvalue weighted by molar-refractivity contribution is -0.143. The zero-order valence-corrected chi connectivity index (χ0v) is 15.5. The SMILES string of the molecule is O=C(O)C1CCCN(C(c2cccc(Cl)c2)c2ccccc2Br)C1. The molecule has 0 saturated carbocycles. The Balaban J connectivity index is 2.02. The molecule has 24 heavy (non-hydrogen) atoms. The van der Waals surface area contributed by atoms with Crippen LogP contribution in [0.15, 0.2) is 53.0 Å². The van der Waals surface area contributed by atoms with Gasteiger partial charge in [0.1, 0.15) is 0 Å². The summed E-state index contributed by atoms with van der Waals surface area (Å²) in [5, 5.41) is 10.1. The number of benzene rings is 2. The number of carboxylic acids is 1. The van der Waals surface area contributed by atoms with Gasteiger partial charge in [-0.25, -0.2) is 0 Å². The van der Waals surface area contributed by atoms with Gasteiger partial charge in [-0.15, -0.1) is 0 Å². The van der Waals surface area contributed by atoms with Gasteiger partial charge >= 0.3 is 5.97 Å². The lowest BCUT2D eigenvalue weighted by Crippen LogP contribution is -2.41. The van der Waals surface area contributed by atoms with Crippen LogP contribution in [0.3, 0.4) is 0 Å². The highest BCUT2D eigenvalue weighted by atomic mass is 79.9. The van der Waals surface area contributed by atoms with Crippen LogP contribution in [0, 0.1) is 5.92 Å². The zero-order valence-electron chi connectivity index (χ0n) is 13.2. The number of aliphatic carboxylic acids is 1. The van der Waals surface area contributed by atoms with Gasteiger partial charge in [0.05, 0.1) is 12.0 Å². The first-order chi connectivity index (χ1) is 11.6. The average molecular weight is 409 g/mol. The molecule has 3 rings (SSSR count).